The Kier molecular flexibility index (Phi) is 2.41. The molecule has 0 N–H and O–H groups in total. The van der Waals surface area contributed by atoms with Gasteiger partial charge in [0.25, 0.3) is 0 Å². The van der Waals surface area contributed by atoms with Gasteiger partial charge < -0.3 is 0 Å². The summed E-state index contributed by atoms with van der Waals surface area (Å²) in [6.45, 7) is 5.64. The van der Waals surface area contributed by atoms with Gasteiger partial charge in [-0.3, -0.25) is 4.79 Å². The lowest BCUT2D eigenvalue weighted by atomic mass is 9.81. The van der Waals surface area contributed by atoms with Crippen molar-refractivity contribution < 1.29 is 4.79 Å². The monoisotopic (exact) mass is 202 g/mol. The Bertz CT molecular complexity index is 369. The summed E-state index contributed by atoms with van der Waals surface area (Å²) in [6.07, 6.45) is 2.66. The molecule has 1 aliphatic rings. The first kappa shape index (κ1) is 10.4. The van der Waals surface area contributed by atoms with Gasteiger partial charge in [-0.2, -0.15) is 0 Å². The minimum atomic E-state index is -0.345. The van der Waals surface area contributed by atoms with Crippen molar-refractivity contribution in [2.75, 3.05) is 0 Å². The number of ketones is 1. The fourth-order valence-corrected chi connectivity index (χ4v) is 1.79. The highest BCUT2D eigenvalue weighted by Crippen LogP contribution is 2.40. The lowest BCUT2D eigenvalue weighted by molar-refractivity contribution is -0.121. The predicted molar refractivity (Wildman–Crippen MR) is 62.1 cm³/mol. The zero-order valence-electron chi connectivity index (χ0n) is 9.71. The number of rotatable bonds is 3. The van der Waals surface area contributed by atoms with E-state index in [0.717, 1.165) is 11.5 Å². The van der Waals surface area contributed by atoms with Gasteiger partial charge in [-0.25, -0.2) is 0 Å². The van der Waals surface area contributed by atoms with E-state index in [1.165, 1.54) is 18.4 Å². The molecule has 0 spiro atoms. The van der Waals surface area contributed by atoms with E-state index in [2.05, 4.69) is 24.3 Å². The summed E-state index contributed by atoms with van der Waals surface area (Å²) in [7, 11) is 0. The van der Waals surface area contributed by atoms with Gasteiger partial charge in [-0.1, -0.05) is 24.3 Å². The first-order valence-electron chi connectivity index (χ1n) is 5.63. The minimum absolute atomic E-state index is 0.224. The summed E-state index contributed by atoms with van der Waals surface area (Å²) < 4.78 is 0. The molecule has 1 fully saturated rings. The molecule has 80 valence electrons. The van der Waals surface area contributed by atoms with Crippen molar-refractivity contribution in [3.8, 4) is 0 Å². The van der Waals surface area contributed by atoms with Gasteiger partial charge in [0.15, 0.2) is 0 Å². The number of Topliss-reactive ketones (excluding diaryl/α,β-unsaturated/α-hetero) is 1. The Labute approximate surface area is 91.5 Å². The summed E-state index contributed by atoms with van der Waals surface area (Å²) in [5.41, 5.74) is 2.21. The Balaban J connectivity index is 2.26. The van der Waals surface area contributed by atoms with Crippen molar-refractivity contribution in [2.45, 2.75) is 44.9 Å². The van der Waals surface area contributed by atoms with Gasteiger partial charge in [0.1, 0.15) is 5.78 Å². The first-order valence-corrected chi connectivity index (χ1v) is 5.63. The largest absolute Gasteiger partial charge is 0.299 e. The molecule has 2 rings (SSSR count). The fourth-order valence-electron chi connectivity index (χ4n) is 1.79. The second kappa shape index (κ2) is 3.48. The van der Waals surface area contributed by atoms with Gasteiger partial charge >= 0.3 is 0 Å². The van der Waals surface area contributed by atoms with Gasteiger partial charge in [-0.15, -0.1) is 0 Å². The summed E-state index contributed by atoms with van der Waals surface area (Å²) in [6, 6.07) is 8.57. The maximum Gasteiger partial charge on any atom is 0.139 e. The van der Waals surface area contributed by atoms with Gasteiger partial charge in [0.05, 0.1) is 0 Å². The van der Waals surface area contributed by atoms with E-state index in [9.17, 15) is 4.79 Å². The summed E-state index contributed by atoms with van der Waals surface area (Å²) in [5.74, 6) is 1.01. The third-order valence-corrected chi connectivity index (χ3v) is 3.56. The zero-order chi connectivity index (χ0) is 11.1. The molecule has 0 aliphatic heterocycles. The van der Waals surface area contributed by atoms with Gasteiger partial charge in [0.2, 0.25) is 0 Å². The predicted octanol–water partition coefficient (Wildman–Crippen LogP) is 3.43. The molecule has 0 unspecified atom stereocenters. The van der Waals surface area contributed by atoms with E-state index < -0.39 is 0 Å². The molecule has 1 aromatic rings. The van der Waals surface area contributed by atoms with E-state index >= 15 is 0 Å². The Morgan fingerprint density at radius 1 is 1.20 bits per heavy atom. The van der Waals surface area contributed by atoms with E-state index in [1.807, 2.05) is 13.8 Å². The Hall–Kier alpha value is -1.11. The second-order valence-electron chi connectivity index (χ2n) is 5.08. The molecule has 1 nitrogen and oxygen atoms in total. The normalized spacial score (nSPS) is 16.5. The van der Waals surface area contributed by atoms with Crippen LogP contribution in [0.2, 0.25) is 0 Å². The summed E-state index contributed by atoms with van der Waals surface area (Å²) in [5, 5.41) is 0. The molecule has 0 radical (unpaired) electrons. The van der Waals surface area contributed by atoms with Crippen LogP contribution < -0.4 is 0 Å². The van der Waals surface area contributed by atoms with Gasteiger partial charge in [0, 0.05) is 5.41 Å². The van der Waals surface area contributed by atoms with Crippen molar-refractivity contribution in [3.05, 3.63) is 35.4 Å². The number of hydrogen-bond acceptors (Lipinski definition) is 1. The highest BCUT2D eigenvalue weighted by molar-refractivity contribution is 5.87. The lowest BCUT2D eigenvalue weighted by Crippen LogP contribution is -2.26. The van der Waals surface area contributed by atoms with Crippen LogP contribution in [0.5, 0.6) is 0 Å². The average Bonchev–Trinajstić information content (AvgIpc) is 3.01. The van der Waals surface area contributed by atoms with Crippen LogP contribution in [0.3, 0.4) is 0 Å². The van der Waals surface area contributed by atoms with Crippen molar-refractivity contribution in [3.63, 3.8) is 0 Å². The molecule has 0 saturated heterocycles. The quantitative estimate of drug-likeness (QED) is 0.734. The van der Waals surface area contributed by atoms with Gasteiger partial charge in [-0.05, 0) is 50.7 Å². The number of hydrogen-bond donors (Lipinski definition) is 0. The number of carbonyl (C=O) groups excluding carboxylic acids is 1. The molecule has 0 aromatic heterocycles. The molecule has 1 aromatic carbocycles. The zero-order valence-corrected chi connectivity index (χ0v) is 9.71. The number of benzene rings is 1. The first-order chi connectivity index (χ1) is 7.01. The molecule has 0 amide bonds. The number of carbonyl (C=O) groups is 1. The SMILES string of the molecule is CC(=O)C(C)(C)c1ccc(C2CC2)cc1. The molecule has 15 heavy (non-hydrogen) atoms. The minimum Gasteiger partial charge on any atom is -0.299 e. The van der Waals surface area contributed by atoms with Crippen LogP contribution in [0.4, 0.5) is 0 Å². The van der Waals surface area contributed by atoms with Crippen LogP contribution in [0, 0.1) is 0 Å². The molecule has 1 heteroatoms. The fraction of sp³-hybridized carbons (Fsp3) is 0.500. The maximum absolute atomic E-state index is 11.5. The van der Waals surface area contributed by atoms with E-state index in [-0.39, 0.29) is 11.2 Å². The highest BCUT2D eigenvalue weighted by Gasteiger charge is 2.27. The lowest BCUT2D eigenvalue weighted by Gasteiger charge is -2.21. The van der Waals surface area contributed by atoms with Crippen molar-refractivity contribution in [1.82, 2.24) is 0 Å². The van der Waals surface area contributed by atoms with Crippen LogP contribution in [0.1, 0.15) is 50.7 Å². The Morgan fingerprint density at radius 3 is 2.13 bits per heavy atom. The van der Waals surface area contributed by atoms with Crippen LogP contribution in [-0.4, -0.2) is 5.78 Å². The Morgan fingerprint density at radius 2 is 1.73 bits per heavy atom. The molecule has 0 bridgehead atoms. The van der Waals surface area contributed by atoms with Crippen LogP contribution in [0.15, 0.2) is 24.3 Å². The highest BCUT2D eigenvalue weighted by atomic mass is 16.1. The van der Waals surface area contributed by atoms with Crippen molar-refractivity contribution >= 4 is 5.78 Å². The molecule has 1 aliphatic carbocycles. The topological polar surface area (TPSA) is 17.1 Å². The summed E-state index contributed by atoms with van der Waals surface area (Å²) >= 11 is 0. The van der Waals surface area contributed by atoms with Crippen molar-refractivity contribution in [2.24, 2.45) is 0 Å². The summed E-state index contributed by atoms with van der Waals surface area (Å²) in [4.78, 5) is 11.5. The second-order valence-corrected chi connectivity index (χ2v) is 5.08. The smallest absolute Gasteiger partial charge is 0.139 e. The molecule has 0 atom stereocenters. The molecular weight excluding hydrogens is 184 g/mol. The van der Waals surface area contributed by atoms with Crippen LogP contribution in [-0.2, 0) is 10.2 Å². The molecule has 0 heterocycles. The third kappa shape index (κ3) is 1.97. The molecule has 1 saturated carbocycles. The maximum atomic E-state index is 11.5. The molecular formula is C14H18O. The van der Waals surface area contributed by atoms with Crippen molar-refractivity contribution in [1.29, 1.82) is 0 Å². The standard InChI is InChI=1S/C14H18O/c1-10(15)14(2,3)13-8-6-12(7-9-13)11-4-5-11/h6-9,11H,4-5H2,1-3H3. The average molecular weight is 202 g/mol. The van der Waals surface area contributed by atoms with Crippen LogP contribution in [0.25, 0.3) is 0 Å². The van der Waals surface area contributed by atoms with E-state index in [0.29, 0.717) is 0 Å². The van der Waals surface area contributed by atoms with E-state index in [1.54, 1.807) is 6.92 Å². The van der Waals surface area contributed by atoms with E-state index in [4.69, 9.17) is 0 Å². The van der Waals surface area contributed by atoms with Crippen LogP contribution >= 0.6 is 0 Å². The third-order valence-electron chi connectivity index (χ3n) is 3.56.